The minimum atomic E-state index is -0.476. The van der Waals surface area contributed by atoms with Gasteiger partial charge in [-0.1, -0.05) is 31.5 Å². The van der Waals surface area contributed by atoms with Crippen LogP contribution < -0.4 is 0 Å². The van der Waals surface area contributed by atoms with Crippen LogP contribution in [0, 0.1) is 21.4 Å². The molecular weight excluding hydrogens is 224 g/mol. The number of hydrogen-bond acceptors (Lipinski definition) is 4. The average Bonchev–Trinajstić information content (AvgIpc) is 2.26. The lowest BCUT2D eigenvalue weighted by atomic mass is 10.2. The molecule has 0 aromatic heterocycles. The number of nitrogens with zero attached hydrogens (tertiary/aromatic N) is 2. The van der Waals surface area contributed by atoms with E-state index in [1.807, 2.05) is 0 Å². The van der Waals surface area contributed by atoms with Gasteiger partial charge in [-0.15, -0.1) is 0 Å². The van der Waals surface area contributed by atoms with Crippen LogP contribution in [0.5, 0.6) is 0 Å². The molecule has 0 amide bonds. The zero-order valence-electron chi connectivity index (χ0n) is 9.85. The third-order valence-electron chi connectivity index (χ3n) is 2.28. The molecule has 1 unspecified atom stereocenters. The van der Waals surface area contributed by atoms with Crippen LogP contribution in [-0.4, -0.2) is 16.1 Å². The van der Waals surface area contributed by atoms with Gasteiger partial charge < -0.3 is 0 Å². The van der Waals surface area contributed by atoms with Crippen LogP contribution in [0.15, 0.2) is 0 Å². The fourth-order valence-corrected chi connectivity index (χ4v) is 2.44. The average molecular weight is 244 g/mol. The second-order valence-electron chi connectivity index (χ2n) is 3.72. The third kappa shape index (κ3) is 8.54. The fraction of sp³-hybridized carbons (Fsp3) is 0.909. The number of hydrogen-bond donors (Lipinski definition) is 0. The Balaban J connectivity index is 3.64. The Morgan fingerprint density at radius 3 is 2.69 bits per heavy atom. The van der Waals surface area contributed by atoms with Gasteiger partial charge >= 0.3 is 0 Å². The van der Waals surface area contributed by atoms with Crippen LogP contribution >= 0.6 is 11.8 Å². The summed E-state index contributed by atoms with van der Waals surface area (Å²) in [5, 5.41) is 18.6. The van der Waals surface area contributed by atoms with Crippen LogP contribution in [0.3, 0.4) is 0 Å². The summed E-state index contributed by atoms with van der Waals surface area (Å²) in [6, 6.07) is 2.05. The number of nitriles is 1. The van der Waals surface area contributed by atoms with E-state index in [-0.39, 0.29) is 4.92 Å². The highest BCUT2D eigenvalue weighted by atomic mass is 32.2. The fourth-order valence-electron chi connectivity index (χ4n) is 1.34. The van der Waals surface area contributed by atoms with Crippen LogP contribution in [-0.2, 0) is 0 Å². The third-order valence-corrected chi connectivity index (χ3v) is 3.60. The lowest BCUT2D eigenvalue weighted by Gasteiger charge is -2.08. The number of nitro groups is 1. The van der Waals surface area contributed by atoms with Gasteiger partial charge in [-0.05, 0) is 25.0 Å². The van der Waals surface area contributed by atoms with Gasteiger partial charge in [-0.25, -0.2) is 0 Å². The van der Waals surface area contributed by atoms with E-state index in [1.54, 1.807) is 0 Å². The Morgan fingerprint density at radius 1 is 1.38 bits per heavy atom. The number of unbranched alkanes of at least 4 members (excludes halogenated alkanes) is 4. The Kier molecular flexibility index (Phi) is 10.2. The molecule has 92 valence electrons. The molecule has 0 aromatic carbocycles. The standard InChI is InChI=1S/C11H20N2O2S/c1-2-3-7-10-16-11(13(14)15)8-5-4-6-9-12/h11H,2-8,10H2,1H3. The molecule has 16 heavy (non-hydrogen) atoms. The first-order chi connectivity index (χ1) is 7.72. The second kappa shape index (κ2) is 10.7. The number of rotatable bonds is 10. The van der Waals surface area contributed by atoms with Crippen molar-refractivity contribution in [3.8, 4) is 6.07 Å². The van der Waals surface area contributed by atoms with Gasteiger partial charge in [0.15, 0.2) is 0 Å². The zero-order chi connectivity index (χ0) is 12.2. The molecule has 0 bridgehead atoms. The maximum Gasteiger partial charge on any atom is 0.258 e. The highest BCUT2D eigenvalue weighted by Gasteiger charge is 2.19. The molecule has 0 aliphatic rings. The van der Waals surface area contributed by atoms with E-state index >= 15 is 0 Å². The van der Waals surface area contributed by atoms with Crippen molar-refractivity contribution in [3.05, 3.63) is 10.1 Å². The van der Waals surface area contributed by atoms with Crippen LogP contribution in [0.25, 0.3) is 0 Å². The lowest BCUT2D eigenvalue weighted by Crippen LogP contribution is -2.15. The van der Waals surface area contributed by atoms with E-state index < -0.39 is 5.37 Å². The summed E-state index contributed by atoms with van der Waals surface area (Å²) in [4.78, 5) is 10.6. The Hall–Kier alpha value is -0.760. The van der Waals surface area contributed by atoms with Crippen molar-refractivity contribution in [1.82, 2.24) is 0 Å². The predicted molar refractivity (Wildman–Crippen MR) is 66.8 cm³/mol. The summed E-state index contributed by atoms with van der Waals surface area (Å²) in [5.41, 5.74) is 0. The Labute approximate surface area is 102 Å². The quantitative estimate of drug-likeness (QED) is 0.255. The minimum absolute atomic E-state index is 0.191. The predicted octanol–water partition coefficient (Wildman–Crippen LogP) is 3.60. The van der Waals surface area contributed by atoms with Crippen LogP contribution in [0.4, 0.5) is 0 Å². The second-order valence-corrected chi connectivity index (χ2v) is 5.01. The van der Waals surface area contributed by atoms with E-state index in [0.717, 1.165) is 37.9 Å². The van der Waals surface area contributed by atoms with Gasteiger partial charge in [-0.3, -0.25) is 10.1 Å². The van der Waals surface area contributed by atoms with E-state index in [4.69, 9.17) is 5.26 Å². The first kappa shape index (κ1) is 15.2. The largest absolute Gasteiger partial charge is 0.263 e. The molecular formula is C11H20N2O2S. The lowest BCUT2D eigenvalue weighted by molar-refractivity contribution is -0.496. The first-order valence-corrected chi connectivity index (χ1v) is 6.89. The maximum atomic E-state index is 10.7. The molecule has 0 aliphatic heterocycles. The Morgan fingerprint density at radius 2 is 2.12 bits per heavy atom. The van der Waals surface area contributed by atoms with Crippen molar-refractivity contribution >= 4 is 11.8 Å². The summed E-state index contributed by atoms with van der Waals surface area (Å²) in [5.74, 6) is 0.873. The molecule has 1 atom stereocenters. The van der Waals surface area contributed by atoms with E-state index in [2.05, 4.69) is 13.0 Å². The van der Waals surface area contributed by atoms with Crippen molar-refractivity contribution in [2.45, 2.75) is 57.2 Å². The van der Waals surface area contributed by atoms with Gasteiger partial charge in [0.05, 0.1) is 6.07 Å². The summed E-state index contributed by atoms with van der Waals surface area (Å²) >= 11 is 1.45. The smallest absolute Gasteiger partial charge is 0.258 e. The summed E-state index contributed by atoms with van der Waals surface area (Å²) in [6.45, 7) is 2.12. The Bertz CT molecular complexity index is 229. The van der Waals surface area contributed by atoms with E-state index in [9.17, 15) is 10.1 Å². The van der Waals surface area contributed by atoms with Gasteiger partial charge in [-0.2, -0.15) is 5.26 Å². The highest BCUT2D eigenvalue weighted by molar-refractivity contribution is 7.99. The van der Waals surface area contributed by atoms with Gasteiger partial charge in [0.2, 0.25) is 0 Å². The molecule has 5 heteroatoms. The van der Waals surface area contributed by atoms with Crippen LogP contribution in [0.2, 0.25) is 0 Å². The topological polar surface area (TPSA) is 66.9 Å². The summed E-state index contributed by atoms with van der Waals surface area (Å²) < 4.78 is 0. The molecule has 0 saturated heterocycles. The molecule has 0 fully saturated rings. The maximum absolute atomic E-state index is 10.7. The van der Waals surface area contributed by atoms with Crippen molar-refractivity contribution in [3.63, 3.8) is 0 Å². The molecule has 0 aromatic rings. The molecule has 0 rings (SSSR count). The first-order valence-electron chi connectivity index (χ1n) is 5.84. The SMILES string of the molecule is CCCCCSC(CCCCC#N)[N+](=O)[O-]. The molecule has 0 radical (unpaired) electrons. The summed E-state index contributed by atoms with van der Waals surface area (Å²) in [6.07, 6.45) is 5.99. The number of thioether (sulfide) groups is 1. The van der Waals surface area contributed by atoms with E-state index in [0.29, 0.717) is 12.8 Å². The van der Waals surface area contributed by atoms with Gasteiger partial charge in [0.25, 0.3) is 5.37 Å². The molecule has 0 heterocycles. The van der Waals surface area contributed by atoms with Crippen molar-refractivity contribution < 1.29 is 4.92 Å². The summed E-state index contributed by atoms with van der Waals surface area (Å²) in [7, 11) is 0. The molecule has 4 nitrogen and oxygen atoms in total. The van der Waals surface area contributed by atoms with Gasteiger partial charge in [0, 0.05) is 17.8 Å². The van der Waals surface area contributed by atoms with Crippen LogP contribution in [0.1, 0.15) is 51.9 Å². The van der Waals surface area contributed by atoms with Crippen molar-refractivity contribution in [2.75, 3.05) is 5.75 Å². The van der Waals surface area contributed by atoms with Gasteiger partial charge in [0.1, 0.15) is 0 Å². The van der Waals surface area contributed by atoms with Crippen molar-refractivity contribution in [2.24, 2.45) is 0 Å². The minimum Gasteiger partial charge on any atom is -0.263 e. The molecule has 0 aliphatic carbocycles. The normalized spacial score (nSPS) is 12.0. The molecule has 0 spiro atoms. The molecule has 0 saturated carbocycles. The zero-order valence-corrected chi connectivity index (χ0v) is 10.7. The van der Waals surface area contributed by atoms with Crippen molar-refractivity contribution in [1.29, 1.82) is 5.26 Å². The monoisotopic (exact) mass is 244 g/mol. The highest BCUT2D eigenvalue weighted by Crippen LogP contribution is 2.20. The van der Waals surface area contributed by atoms with E-state index in [1.165, 1.54) is 11.8 Å². The molecule has 0 N–H and O–H groups in total.